The predicted octanol–water partition coefficient (Wildman–Crippen LogP) is 4.86. The van der Waals surface area contributed by atoms with Gasteiger partial charge in [-0.1, -0.05) is 24.3 Å². The van der Waals surface area contributed by atoms with Crippen molar-refractivity contribution in [1.82, 2.24) is 0 Å². The van der Waals surface area contributed by atoms with Crippen LogP contribution in [0.3, 0.4) is 0 Å². The Kier molecular flexibility index (Phi) is 5.37. The number of sulfonamides is 1. The van der Waals surface area contributed by atoms with Gasteiger partial charge in [0.15, 0.2) is 0 Å². The van der Waals surface area contributed by atoms with Gasteiger partial charge in [-0.05, 0) is 67.4 Å². The number of anilines is 3. The third-order valence-corrected chi connectivity index (χ3v) is 5.57. The van der Waals surface area contributed by atoms with Gasteiger partial charge in [-0.25, -0.2) is 8.42 Å². The van der Waals surface area contributed by atoms with Crippen LogP contribution < -0.4 is 14.8 Å². The van der Waals surface area contributed by atoms with Gasteiger partial charge in [0.1, 0.15) is 10.6 Å². The molecule has 5 nitrogen and oxygen atoms in total. The molecule has 0 fully saturated rings. The second-order valence-corrected chi connectivity index (χ2v) is 7.93. The van der Waals surface area contributed by atoms with Crippen LogP contribution in [0.4, 0.5) is 17.1 Å². The van der Waals surface area contributed by atoms with E-state index in [0.717, 1.165) is 22.5 Å². The lowest BCUT2D eigenvalue weighted by Gasteiger charge is -2.13. The van der Waals surface area contributed by atoms with Gasteiger partial charge in [-0.3, -0.25) is 4.72 Å². The van der Waals surface area contributed by atoms with Crippen LogP contribution in [0.25, 0.3) is 0 Å². The van der Waals surface area contributed by atoms with Gasteiger partial charge in [-0.2, -0.15) is 0 Å². The number of ether oxygens (including phenoxy) is 1. The summed E-state index contributed by atoms with van der Waals surface area (Å²) in [5.74, 6) is 0.311. The van der Waals surface area contributed by atoms with Crippen molar-refractivity contribution in [3.63, 3.8) is 0 Å². The van der Waals surface area contributed by atoms with Gasteiger partial charge >= 0.3 is 0 Å². The highest BCUT2D eigenvalue weighted by Gasteiger charge is 2.19. The molecule has 3 rings (SSSR count). The summed E-state index contributed by atoms with van der Waals surface area (Å²) in [6.45, 7) is 3.87. The molecule has 0 aliphatic heterocycles. The molecule has 0 aliphatic rings. The Balaban J connectivity index is 1.80. The first-order chi connectivity index (χ1) is 12.9. The maximum absolute atomic E-state index is 12.7. The topological polar surface area (TPSA) is 67.4 Å². The Labute approximate surface area is 160 Å². The van der Waals surface area contributed by atoms with E-state index < -0.39 is 10.0 Å². The SMILES string of the molecule is COc1ccc(C)cc1S(=O)(=O)Nc1ccc(Nc2ccccc2C)cc1. The van der Waals surface area contributed by atoms with Crippen LogP contribution in [0.15, 0.2) is 71.6 Å². The molecule has 0 radical (unpaired) electrons. The van der Waals surface area contributed by atoms with E-state index in [4.69, 9.17) is 4.74 Å². The zero-order valence-corrected chi connectivity index (χ0v) is 16.3. The molecule has 0 bridgehead atoms. The van der Waals surface area contributed by atoms with Crippen molar-refractivity contribution in [3.8, 4) is 5.75 Å². The largest absolute Gasteiger partial charge is 0.495 e. The molecule has 0 heterocycles. The van der Waals surface area contributed by atoms with Crippen LogP contribution in [0.1, 0.15) is 11.1 Å². The maximum atomic E-state index is 12.7. The van der Waals surface area contributed by atoms with Crippen molar-refractivity contribution >= 4 is 27.1 Å². The van der Waals surface area contributed by atoms with Crippen LogP contribution in [0, 0.1) is 13.8 Å². The average Bonchev–Trinajstić information content (AvgIpc) is 2.65. The van der Waals surface area contributed by atoms with E-state index in [1.54, 1.807) is 24.3 Å². The Morgan fingerprint density at radius 3 is 2.19 bits per heavy atom. The third-order valence-electron chi connectivity index (χ3n) is 4.17. The molecule has 2 N–H and O–H groups in total. The van der Waals surface area contributed by atoms with Gasteiger partial charge in [0.2, 0.25) is 0 Å². The van der Waals surface area contributed by atoms with Crippen molar-refractivity contribution in [1.29, 1.82) is 0 Å². The number of benzene rings is 3. The lowest BCUT2D eigenvalue weighted by atomic mass is 10.2. The van der Waals surface area contributed by atoms with Gasteiger partial charge in [0.05, 0.1) is 7.11 Å². The number of nitrogens with one attached hydrogen (secondary N) is 2. The molecule has 0 saturated carbocycles. The fourth-order valence-corrected chi connectivity index (χ4v) is 4.01. The molecular weight excluding hydrogens is 360 g/mol. The Morgan fingerprint density at radius 1 is 0.852 bits per heavy atom. The molecule has 140 valence electrons. The van der Waals surface area contributed by atoms with E-state index in [2.05, 4.69) is 10.0 Å². The molecule has 27 heavy (non-hydrogen) atoms. The first-order valence-corrected chi connectivity index (χ1v) is 9.97. The number of para-hydroxylation sites is 1. The highest BCUT2D eigenvalue weighted by atomic mass is 32.2. The smallest absolute Gasteiger partial charge is 0.265 e. The van der Waals surface area contributed by atoms with Crippen molar-refractivity contribution in [2.75, 3.05) is 17.1 Å². The summed E-state index contributed by atoms with van der Waals surface area (Å²) in [5.41, 5.74) is 4.34. The zero-order chi connectivity index (χ0) is 19.4. The average molecular weight is 382 g/mol. The van der Waals surface area contributed by atoms with Crippen molar-refractivity contribution in [2.45, 2.75) is 18.7 Å². The molecule has 0 aromatic heterocycles. The molecule has 0 unspecified atom stereocenters. The molecule has 0 saturated heterocycles. The minimum Gasteiger partial charge on any atom is -0.495 e. The van der Waals surface area contributed by atoms with E-state index in [1.807, 2.05) is 56.3 Å². The summed E-state index contributed by atoms with van der Waals surface area (Å²) in [5, 5.41) is 3.32. The lowest BCUT2D eigenvalue weighted by molar-refractivity contribution is 0.402. The second-order valence-electron chi connectivity index (χ2n) is 6.28. The number of hydrogen-bond donors (Lipinski definition) is 2. The summed E-state index contributed by atoms with van der Waals surface area (Å²) in [4.78, 5) is 0.118. The molecule has 3 aromatic carbocycles. The number of methoxy groups -OCH3 is 1. The summed E-state index contributed by atoms with van der Waals surface area (Å²) in [7, 11) is -2.30. The maximum Gasteiger partial charge on any atom is 0.265 e. The molecule has 6 heteroatoms. The fraction of sp³-hybridized carbons (Fsp3) is 0.143. The molecule has 0 aliphatic carbocycles. The number of aryl methyl sites for hydroxylation is 2. The van der Waals surface area contributed by atoms with Crippen molar-refractivity contribution < 1.29 is 13.2 Å². The quantitative estimate of drug-likeness (QED) is 0.639. The normalized spacial score (nSPS) is 11.1. The Morgan fingerprint density at radius 2 is 1.52 bits per heavy atom. The third kappa shape index (κ3) is 4.41. The molecule has 0 amide bonds. The van der Waals surface area contributed by atoms with Gasteiger partial charge in [0, 0.05) is 17.1 Å². The van der Waals surface area contributed by atoms with Crippen LogP contribution in [0.2, 0.25) is 0 Å². The highest BCUT2D eigenvalue weighted by Crippen LogP contribution is 2.28. The fourth-order valence-electron chi connectivity index (χ4n) is 2.69. The molecule has 3 aromatic rings. The molecule has 0 atom stereocenters. The van der Waals surface area contributed by atoms with E-state index in [0.29, 0.717) is 11.4 Å². The Hall–Kier alpha value is -2.99. The summed E-state index contributed by atoms with van der Waals surface area (Å²) in [6.07, 6.45) is 0. The van der Waals surface area contributed by atoms with E-state index in [1.165, 1.54) is 7.11 Å². The van der Waals surface area contributed by atoms with Crippen LogP contribution in [0.5, 0.6) is 5.75 Å². The summed E-state index contributed by atoms with van der Waals surface area (Å²) >= 11 is 0. The summed E-state index contributed by atoms with van der Waals surface area (Å²) in [6, 6.07) is 20.1. The van der Waals surface area contributed by atoms with Gasteiger partial charge in [-0.15, -0.1) is 0 Å². The monoisotopic (exact) mass is 382 g/mol. The number of hydrogen-bond acceptors (Lipinski definition) is 4. The first-order valence-electron chi connectivity index (χ1n) is 8.49. The van der Waals surface area contributed by atoms with Crippen LogP contribution >= 0.6 is 0 Å². The standard InChI is InChI=1S/C21H22N2O3S/c1-15-8-13-20(26-3)21(14-15)27(24,25)23-18-11-9-17(10-12-18)22-19-7-5-4-6-16(19)2/h4-14,22-23H,1-3H3. The second kappa shape index (κ2) is 7.72. The van der Waals surface area contributed by atoms with E-state index in [-0.39, 0.29) is 4.90 Å². The molecule has 0 spiro atoms. The van der Waals surface area contributed by atoms with Gasteiger partial charge in [0.25, 0.3) is 10.0 Å². The minimum atomic E-state index is -3.75. The van der Waals surface area contributed by atoms with Gasteiger partial charge < -0.3 is 10.1 Å². The Bertz CT molecular complexity index is 1050. The summed E-state index contributed by atoms with van der Waals surface area (Å²) < 4.78 is 33.3. The predicted molar refractivity (Wildman–Crippen MR) is 109 cm³/mol. The minimum absolute atomic E-state index is 0.118. The van der Waals surface area contributed by atoms with E-state index >= 15 is 0 Å². The van der Waals surface area contributed by atoms with Crippen molar-refractivity contribution in [2.24, 2.45) is 0 Å². The van der Waals surface area contributed by atoms with Crippen LogP contribution in [-0.2, 0) is 10.0 Å². The lowest BCUT2D eigenvalue weighted by Crippen LogP contribution is -2.14. The number of rotatable bonds is 6. The first kappa shape index (κ1) is 18.8. The highest BCUT2D eigenvalue weighted by molar-refractivity contribution is 7.92. The zero-order valence-electron chi connectivity index (χ0n) is 15.5. The van der Waals surface area contributed by atoms with E-state index in [9.17, 15) is 8.42 Å². The van der Waals surface area contributed by atoms with Crippen LogP contribution in [-0.4, -0.2) is 15.5 Å². The van der Waals surface area contributed by atoms with Crippen molar-refractivity contribution in [3.05, 3.63) is 77.9 Å². The molecular formula is C21H22N2O3S.